The molecule has 0 aliphatic rings. The maximum Gasteiger partial charge on any atom is 0.0907 e. The number of aryl methyl sites for hydroxylation is 1. The van der Waals surface area contributed by atoms with Gasteiger partial charge in [0.15, 0.2) is 0 Å². The van der Waals surface area contributed by atoms with Gasteiger partial charge in [-0.05, 0) is 44.4 Å². The van der Waals surface area contributed by atoms with E-state index >= 15 is 0 Å². The predicted octanol–water partition coefficient (Wildman–Crippen LogP) is 3.76. The van der Waals surface area contributed by atoms with E-state index in [1.54, 1.807) is 11.3 Å². The molecule has 0 amide bonds. The molecule has 0 aliphatic heterocycles. The number of anilines is 2. The number of nitrogen functional groups attached to an aromatic ring is 1. The highest BCUT2D eigenvalue weighted by molar-refractivity contribution is 7.98. The summed E-state index contributed by atoms with van der Waals surface area (Å²) < 4.78 is 1.17. The number of hydrogen-bond acceptors (Lipinski definition) is 5. The zero-order chi connectivity index (χ0) is 14.0. The number of aromatic nitrogens is 1. The zero-order valence-corrected chi connectivity index (χ0v) is 13.6. The highest BCUT2D eigenvalue weighted by atomic mass is 32.2. The van der Waals surface area contributed by atoms with Crippen molar-refractivity contribution >= 4 is 44.7 Å². The number of benzene rings is 1. The highest BCUT2D eigenvalue weighted by Gasteiger charge is 2.14. The number of hydrogen-bond donors (Lipinski definition) is 1. The molecular weight excluding hydrogens is 274 g/mol. The van der Waals surface area contributed by atoms with Crippen LogP contribution in [0, 0.1) is 6.92 Å². The number of thioether (sulfide) groups is 1. The number of thiazole rings is 1. The van der Waals surface area contributed by atoms with Crippen molar-refractivity contribution < 1.29 is 0 Å². The fourth-order valence-electron chi connectivity index (χ4n) is 2.12. The third kappa shape index (κ3) is 3.15. The summed E-state index contributed by atoms with van der Waals surface area (Å²) in [5.41, 5.74) is 9.18. The quantitative estimate of drug-likeness (QED) is 0.853. The Kier molecular flexibility index (Phi) is 4.58. The van der Waals surface area contributed by atoms with Crippen LogP contribution in [0.1, 0.15) is 18.4 Å². The average molecular weight is 295 g/mol. The second-order valence-electron chi connectivity index (χ2n) is 4.85. The van der Waals surface area contributed by atoms with Gasteiger partial charge in [0.05, 0.1) is 26.6 Å². The number of rotatable bonds is 5. The van der Waals surface area contributed by atoms with Crippen LogP contribution in [0.15, 0.2) is 12.1 Å². The van der Waals surface area contributed by atoms with Gasteiger partial charge in [-0.15, -0.1) is 11.3 Å². The van der Waals surface area contributed by atoms with Gasteiger partial charge in [0.25, 0.3) is 0 Å². The minimum absolute atomic E-state index is 0.479. The van der Waals surface area contributed by atoms with Crippen LogP contribution in [0.3, 0.4) is 0 Å². The lowest BCUT2D eigenvalue weighted by atomic mass is 10.1. The first-order valence-corrected chi connectivity index (χ1v) is 8.62. The third-order valence-corrected chi connectivity index (χ3v) is 5.00. The van der Waals surface area contributed by atoms with Gasteiger partial charge in [0.1, 0.15) is 0 Å². The summed E-state index contributed by atoms with van der Waals surface area (Å²) in [6, 6.07) is 4.64. The molecule has 0 aliphatic carbocycles. The van der Waals surface area contributed by atoms with E-state index in [-0.39, 0.29) is 0 Å². The smallest absolute Gasteiger partial charge is 0.0907 e. The second kappa shape index (κ2) is 6.01. The Labute approximate surface area is 123 Å². The molecular formula is C14H21N3S2. The molecule has 5 heteroatoms. The largest absolute Gasteiger partial charge is 0.397 e. The van der Waals surface area contributed by atoms with Crippen molar-refractivity contribution in [3.63, 3.8) is 0 Å². The molecule has 104 valence electrons. The molecule has 0 radical (unpaired) electrons. The van der Waals surface area contributed by atoms with Crippen LogP contribution >= 0.6 is 23.1 Å². The number of nitrogens with zero attached hydrogens (tertiary/aromatic N) is 2. The van der Waals surface area contributed by atoms with Gasteiger partial charge in [-0.3, -0.25) is 0 Å². The molecule has 2 rings (SSSR count). The van der Waals surface area contributed by atoms with Crippen LogP contribution in [0.4, 0.5) is 11.4 Å². The Morgan fingerprint density at radius 1 is 1.47 bits per heavy atom. The van der Waals surface area contributed by atoms with Gasteiger partial charge in [-0.1, -0.05) is 0 Å². The lowest BCUT2D eigenvalue weighted by Crippen LogP contribution is -2.29. The van der Waals surface area contributed by atoms with E-state index in [0.29, 0.717) is 6.04 Å². The third-order valence-electron chi connectivity index (χ3n) is 3.42. The van der Waals surface area contributed by atoms with Crippen molar-refractivity contribution in [1.82, 2.24) is 4.98 Å². The van der Waals surface area contributed by atoms with Gasteiger partial charge >= 0.3 is 0 Å². The normalized spacial score (nSPS) is 12.8. The molecule has 19 heavy (non-hydrogen) atoms. The van der Waals surface area contributed by atoms with Crippen molar-refractivity contribution in [3.8, 4) is 0 Å². The minimum atomic E-state index is 0.479. The van der Waals surface area contributed by atoms with Crippen LogP contribution in [-0.4, -0.2) is 30.1 Å². The predicted molar refractivity (Wildman–Crippen MR) is 89.6 cm³/mol. The summed E-state index contributed by atoms with van der Waals surface area (Å²) in [7, 11) is 2.11. The molecule has 1 aromatic heterocycles. The molecule has 2 aromatic rings. The van der Waals surface area contributed by atoms with Crippen molar-refractivity contribution in [1.29, 1.82) is 0 Å². The fraction of sp³-hybridized carbons (Fsp3) is 0.500. The van der Waals surface area contributed by atoms with E-state index in [2.05, 4.69) is 36.2 Å². The SMILES string of the molecule is CSCCC(C)N(C)c1cc2nc(C)sc2cc1N. The van der Waals surface area contributed by atoms with Crippen LogP contribution in [0.2, 0.25) is 0 Å². The number of nitrogens with two attached hydrogens (primary N) is 1. The summed E-state index contributed by atoms with van der Waals surface area (Å²) in [6.45, 7) is 4.28. The van der Waals surface area contributed by atoms with E-state index in [0.717, 1.165) is 28.3 Å². The fourth-order valence-corrected chi connectivity index (χ4v) is 3.55. The van der Waals surface area contributed by atoms with Gasteiger partial charge in [-0.2, -0.15) is 11.8 Å². The Morgan fingerprint density at radius 3 is 2.89 bits per heavy atom. The molecule has 0 fully saturated rings. The van der Waals surface area contributed by atoms with E-state index in [9.17, 15) is 0 Å². The first-order chi connectivity index (χ1) is 9.02. The Bertz CT molecular complexity index is 565. The van der Waals surface area contributed by atoms with Gasteiger partial charge in [0.2, 0.25) is 0 Å². The Hall–Kier alpha value is -0.940. The summed E-state index contributed by atoms with van der Waals surface area (Å²) in [5.74, 6) is 1.17. The van der Waals surface area contributed by atoms with E-state index in [1.165, 1.54) is 10.5 Å². The molecule has 0 saturated carbocycles. The topological polar surface area (TPSA) is 42.2 Å². The summed E-state index contributed by atoms with van der Waals surface area (Å²) in [5, 5.41) is 1.09. The van der Waals surface area contributed by atoms with E-state index in [1.807, 2.05) is 24.8 Å². The molecule has 1 unspecified atom stereocenters. The highest BCUT2D eigenvalue weighted by Crippen LogP contribution is 2.32. The monoisotopic (exact) mass is 295 g/mol. The molecule has 1 atom stereocenters. The summed E-state index contributed by atoms with van der Waals surface area (Å²) in [6.07, 6.45) is 3.30. The standard InChI is InChI=1S/C14H21N3S2/c1-9(5-6-18-4)17(3)13-8-12-14(7-11(13)15)19-10(2)16-12/h7-9H,5-6,15H2,1-4H3. The van der Waals surface area contributed by atoms with Crippen molar-refractivity contribution in [2.24, 2.45) is 0 Å². The Balaban J connectivity index is 2.30. The first-order valence-electron chi connectivity index (χ1n) is 6.41. The summed E-state index contributed by atoms with van der Waals surface area (Å²) >= 11 is 3.58. The second-order valence-corrected chi connectivity index (χ2v) is 7.07. The first kappa shape index (κ1) is 14.5. The minimum Gasteiger partial charge on any atom is -0.397 e. The van der Waals surface area contributed by atoms with Crippen LogP contribution in [0.25, 0.3) is 10.2 Å². The van der Waals surface area contributed by atoms with E-state index in [4.69, 9.17) is 5.73 Å². The zero-order valence-electron chi connectivity index (χ0n) is 11.9. The maximum absolute atomic E-state index is 6.20. The average Bonchev–Trinajstić information content (AvgIpc) is 2.73. The van der Waals surface area contributed by atoms with Crippen molar-refractivity contribution in [3.05, 3.63) is 17.1 Å². The van der Waals surface area contributed by atoms with Crippen LogP contribution in [-0.2, 0) is 0 Å². The Morgan fingerprint density at radius 2 is 2.21 bits per heavy atom. The molecule has 0 spiro atoms. The number of fused-ring (bicyclic) bond motifs is 1. The molecule has 0 bridgehead atoms. The summed E-state index contributed by atoms with van der Waals surface area (Å²) in [4.78, 5) is 6.81. The van der Waals surface area contributed by atoms with Gasteiger partial charge < -0.3 is 10.6 Å². The molecule has 1 heterocycles. The molecule has 3 nitrogen and oxygen atoms in total. The van der Waals surface area contributed by atoms with Crippen molar-refractivity contribution in [2.45, 2.75) is 26.3 Å². The molecule has 0 saturated heterocycles. The molecule has 2 N–H and O–H groups in total. The lowest BCUT2D eigenvalue weighted by Gasteiger charge is -2.28. The van der Waals surface area contributed by atoms with Gasteiger partial charge in [-0.25, -0.2) is 4.98 Å². The van der Waals surface area contributed by atoms with Crippen LogP contribution < -0.4 is 10.6 Å². The lowest BCUT2D eigenvalue weighted by molar-refractivity contribution is 0.670. The van der Waals surface area contributed by atoms with E-state index < -0.39 is 0 Å². The van der Waals surface area contributed by atoms with Crippen LogP contribution in [0.5, 0.6) is 0 Å². The van der Waals surface area contributed by atoms with Crippen molar-refractivity contribution in [2.75, 3.05) is 29.7 Å². The molecule has 1 aromatic carbocycles. The van der Waals surface area contributed by atoms with Gasteiger partial charge in [0, 0.05) is 13.1 Å². The maximum atomic E-state index is 6.20.